The molecule has 0 unspecified atom stereocenters. The third kappa shape index (κ3) is 3.87. The van der Waals surface area contributed by atoms with E-state index < -0.39 is 0 Å². The number of carbonyl (C=O) groups is 1. The molecule has 4 nitrogen and oxygen atoms in total. The predicted octanol–water partition coefficient (Wildman–Crippen LogP) is 2.18. The first-order valence-corrected chi connectivity index (χ1v) is 4.91. The molecule has 0 heterocycles. The predicted molar refractivity (Wildman–Crippen MR) is 66.0 cm³/mol. The molecule has 0 aliphatic rings. The lowest BCUT2D eigenvalue weighted by atomic mass is 10.2. The highest BCUT2D eigenvalue weighted by Gasteiger charge is 1.93. The average Bonchev–Trinajstić information content (AvgIpc) is 2.34. The van der Waals surface area contributed by atoms with Crippen molar-refractivity contribution in [2.75, 3.05) is 5.73 Å². The van der Waals surface area contributed by atoms with Crippen LogP contribution in [-0.4, -0.2) is 16.5 Å². The van der Waals surface area contributed by atoms with E-state index in [2.05, 4.69) is 0 Å². The number of phenolic OH excluding ortho intramolecular Hbond substituents is 2. The number of nitrogens with two attached hydrogens (primary N) is 1. The second kappa shape index (κ2) is 6.17. The van der Waals surface area contributed by atoms with Gasteiger partial charge in [0, 0.05) is 0 Å². The maximum atomic E-state index is 10.1. The summed E-state index contributed by atoms with van der Waals surface area (Å²) in [5.74, 6) is 0.181. The van der Waals surface area contributed by atoms with Gasteiger partial charge in [0.15, 0.2) is 6.29 Å². The summed E-state index contributed by atoms with van der Waals surface area (Å²) < 4.78 is 0. The van der Waals surface area contributed by atoms with E-state index in [1.165, 1.54) is 6.07 Å². The van der Waals surface area contributed by atoms with E-state index in [0.717, 1.165) is 0 Å². The van der Waals surface area contributed by atoms with Gasteiger partial charge in [-0.25, -0.2) is 0 Å². The number of benzene rings is 2. The van der Waals surface area contributed by atoms with Gasteiger partial charge >= 0.3 is 0 Å². The fourth-order valence-corrected chi connectivity index (χ4v) is 1.07. The highest BCUT2D eigenvalue weighted by molar-refractivity contribution is 5.78. The molecule has 0 atom stereocenters. The van der Waals surface area contributed by atoms with Crippen molar-refractivity contribution in [3.8, 4) is 11.5 Å². The summed E-state index contributed by atoms with van der Waals surface area (Å²) >= 11 is 0. The summed E-state index contributed by atoms with van der Waals surface area (Å²) in [5.41, 5.74) is 6.02. The summed E-state index contributed by atoms with van der Waals surface area (Å²) in [6, 6.07) is 13.1. The lowest BCUT2D eigenvalue weighted by molar-refractivity contribution is 0.112. The van der Waals surface area contributed by atoms with Gasteiger partial charge in [0.2, 0.25) is 0 Å². The van der Waals surface area contributed by atoms with Crippen LogP contribution < -0.4 is 5.73 Å². The van der Waals surface area contributed by atoms with E-state index in [-0.39, 0.29) is 11.5 Å². The topological polar surface area (TPSA) is 83.5 Å². The lowest BCUT2D eigenvalue weighted by Crippen LogP contribution is -1.82. The maximum absolute atomic E-state index is 10.1. The molecule has 0 bridgehead atoms. The Hall–Kier alpha value is -2.49. The van der Waals surface area contributed by atoms with Crippen LogP contribution in [0, 0.1) is 0 Å². The minimum Gasteiger partial charge on any atom is -0.507 e. The van der Waals surface area contributed by atoms with E-state index in [9.17, 15) is 4.79 Å². The first-order valence-electron chi connectivity index (χ1n) is 4.91. The SMILES string of the molecule is Nc1ccccc1O.O=Cc1ccccc1O. The van der Waals surface area contributed by atoms with Crippen LogP contribution in [0.1, 0.15) is 10.4 Å². The molecule has 0 aliphatic heterocycles. The highest BCUT2D eigenvalue weighted by atomic mass is 16.3. The van der Waals surface area contributed by atoms with Crippen LogP contribution in [0.3, 0.4) is 0 Å². The fraction of sp³-hybridized carbons (Fsp3) is 0. The molecule has 17 heavy (non-hydrogen) atoms. The quantitative estimate of drug-likeness (QED) is 0.399. The standard InChI is InChI=1S/C7H6O2.C6H7NO/c8-5-6-3-1-2-4-7(6)9;7-5-3-1-2-4-6(5)8/h1-5,9H;1-4,8H,7H2. The minimum atomic E-state index is 0.0347. The smallest absolute Gasteiger partial charge is 0.153 e. The molecular weight excluding hydrogens is 218 g/mol. The molecule has 88 valence electrons. The number of para-hydroxylation sites is 3. The van der Waals surface area contributed by atoms with Crippen molar-refractivity contribution >= 4 is 12.0 Å². The van der Waals surface area contributed by atoms with E-state index >= 15 is 0 Å². The molecule has 0 radical (unpaired) electrons. The molecule has 2 aromatic rings. The number of hydrogen-bond donors (Lipinski definition) is 3. The maximum Gasteiger partial charge on any atom is 0.153 e. The Bertz CT molecular complexity index is 477. The second-order valence-corrected chi connectivity index (χ2v) is 3.24. The number of aldehydes is 1. The van der Waals surface area contributed by atoms with E-state index in [1.807, 2.05) is 0 Å². The molecule has 0 spiro atoms. The average molecular weight is 231 g/mol. The summed E-state index contributed by atoms with van der Waals surface area (Å²) in [6.45, 7) is 0. The van der Waals surface area contributed by atoms with Gasteiger partial charge in [-0.1, -0.05) is 24.3 Å². The Morgan fingerprint density at radius 2 is 1.41 bits per heavy atom. The number of anilines is 1. The summed E-state index contributed by atoms with van der Waals surface area (Å²) in [5, 5.41) is 17.7. The van der Waals surface area contributed by atoms with Crippen LogP contribution in [0.15, 0.2) is 48.5 Å². The molecule has 0 saturated carbocycles. The molecule has 0 amide bonds. The normalized spacial score (nSPS) is 8.94. The van der Waals surface area contributed by atoms with Crippen molar-refractivity contribution in [1.82, 2.24) is 0 Å². The van der Waals surface area contributed by atoms with Crippen LogP contribution in [0.5, 0.6) is 11.5 Å². The zero-order chi connectivity index (χ0) is 12.7. The van der Waals surface area contributed by atoms with Gasteiger partial charge < -0.3 is 15.9 Å². The van der Waals surface area contributed by atoms with Crippen molar-refractivity contribution in [2.24, 2.45) is 0 Å². The molecule has 4 N–H and O–H groups in total. The van der Waals surface area contributed by atoms with Crippen molar-refractivity contribution in [3.05, 3.63) is 54.1 Å². The monoisotopic (exact) mass is 231 g/mol. The summed E-state index contributed by atoms with van der Waals surface area (Å²) in [6.07, 6.45) is 0.620. The lowest BCUT2D eigenvalue weighted by Gasteiger charge is -1.92. The van der Waals surface area contributed by atoms with Gasteiger partial charge in [-0.15, -0.1) is 0 Å². The van der Waals surface area contributed by atoms with Crippen LogP contribution in [0.25, 0.3) is 0 Å². The third-order valence-corrected chi connectivity index (χ3v) is 2.00. The number of carbonyl (C=O) groups excluding carboxylic acids is 1. The number of rotatable bonds is 1. The zero-order valence-electron chi connectivity index (χ0n) is 9.08. The van der Waals surface area contributed by atoms with Crippen molar-refractivity contribution in [2.45, 2.75) is 0 Å². The Morgan fingerprint density at radius 1 is 0.882 bits per heavy atom. The van der Waals surface area contributed by atoms with E-state index in [1.54, 1.807) is 42.5 Å². The highest BCUT2D eigenvalue weighted by Crippen LogP contribution is 2.16. The number of phenols is 2. The molecule has 2 aromatic carbocycles. The van der Waals surface area contributed by atoms with Gasteiger partial charge in [-0.2, -0.15) is 0 Å². The van der Waals surface area contributed by atoms with E-state index in [4.69, 9.17) is 15.9 Å². The fourth-order valence-electron chi connectivity index (χ4n) is 1.07. The summed E-state index contributed by atoms with van der Waals surface area (Å²) in [4.78, 5) is 10.1. The Balaban J connectivity index is 0.000000171. The van der Waals surface area contributed by atoms with Gasteiger partial charge in [0.25, 0.3) is 0 Å². The number of nitrogen functional groups attached to an aromatic ring is 1. The van der Waals surface area contributed by atoms with Crippen molar-refractivity contribution < 1.29 is 15.0 Å². The molecule has 0 aromatic heterocycles. The van der Waals surface area contributed by atoms with Gasteiger partial charge in [0.05, 0.1) is 11.3 Å². The van der Waals surface area contributed by atoms with Crippen molar-refractivity contribution in [3.63, 3.8) is 0 Å². The van der Waals surface area contributed by atoms with E-state index in [0.29, 0.717) is 17.5 Å². The third-order valence-electron chi connectivity index (χ3n) is 2.00. The Morgan fingerprint density at radius 3 is 1.76 bits per heavy atom. The first kappa shape index (κ1) is 12.6. The Kier molecular flexibility index (Phi) is 4.57. The van der Waals surface area contributed by atoms with Crippen LogP contribution in [-0.2, 0) is 0 Å². The largest absolute Gasteiger partial charge is 0.507 e. The van der Waals surface area contributed by atoms with Gasteiger partial charge in [0.1, 0.15) is 11.5 Å². The molecule has 4 heteroatoms. The van der Waals surface area contributed by atoms with Crippen LogP contribution in [0.2, 0.25) is 0 Å². The van der Waals surface area contributed by atoms with Crippen LogP contribution >= 0.6 is 0 Å². The van der Waals surface area contributed by atoms with Crippen LogP contribution in [0.4, 0.5) is 5.69 Å². The molecular formula is C13H13NO3. The second-order valence-electron chi connectivity index (χ2n) is 3.24. The number of aromatic hydroxyl groups is 2. The summed E-state index contributed by atoms with van der Waals surface area (Å²) in [7, 11) is 0. The number of hydrogen-bond acceptors (Lipinski definition) is 4. The first-order chi connectivity index (χ1) is 8.15. The van der Waals surface area contributed by atoms with Crippen molar-refractivity contribution in [1.29, 1.82) is 0 Å². The molecule has 2 rings (SSSR count). The Labute approximate surface area is 98.9 Å². The zero-order valence-corrected chi connectivity index (χ0v) is 9.08. The van der Waals surface area contributed by atoms with Gasteiger partial charge in [-0.05, 0) is 24.3 Å². The molecule has 0 aliphatic carbocycles. The van der Waals surface area contributed by atoms with Gasteiger partial charge in [-0.3, -0.25) is 4.79 Å². The minimum absolute atomic E-state index is 0.0347. The molecule has 0 saturated heterocycles. The molecule has 0 fully saturated rings.